The first-order valence-electron chi connectivity index (χ1n) is 9.34. The molecule has 0 saturated heterocycles. The average Bonchev–Trinajstić information content (AvgIpc) is 3.26. The third-order valence-electron chi connectivity index (χ3n) is 5.30. The smallest absolute Gasteiger partial charge is 0.0842 e. The zero-order valence-electron chi connectivity index (χ0n) is 15.6. The van der Waals surface area contributed by atoms with E-state index < -0.39 is 0 Å². The van der Waals surface area contributed by atoms with E-state index in [2.05, 4.69) is 94.9 Å². The first-order chi connectivity index (χ1) is 13.3. The molecule has 134 valence electrons. The minimum absolute atomic E-state index is 0.962. The first kappa shape index (κ1) is 16.0. The van der Waals surface area contributed by atoms with Crippen LogP contribution < -0.4 is 10.4 Å². The lowest BCUT2D eigenvalue weighted by Crippen LogP contribution is -2.39. The van der Waals surface area contributed by atoms with Crippen LogP contribution in [0.4, 0.5) is 5.69 Å². The van der Waals surface area contributed by atoms with Crippen molar-refractivity contribution in [3.8, 4) is 0 Å². The van der Waals surface area contributed by atoms with Crippen LogP contribution in [0.15, 0.2) is 79.0 Å². The highest BCUT2D eigenvalue weighted by Crippen LogP contribution is 2.35. The highest BCUT2D eigenvalue weighted by Gasteiger charge is 2.24. The molecule has 4 heteroatoms. The third-order valence-corrected chi connectivity index (χ3v) is 5.30. The van der Waals surface area contributed by atoms with Gasteiger partial charge < -0.3 is 9.99 Å². The monoisotopic (exact) mass is 354 g/mol. The number of hydrogen-bond acceptors (Lipinski definition) is 3. The molecule has 0 aliphatic carbocycles. The molecule has 27 heavy (non-hydrogen) atoms. The number of nitrogens with zero attached hydrogens (tertiary/aromatic N) is 3. The van der Waals surface area contributed by atoms with E-state index in [4.69, 9.17) is 0 Å². The van der Waals surface area contributed by atoms with Crippen LogP contribution in [0.3, 0.4) is 0 Å². The number of rotatable bonds is 3. The second-order valence-corrected chi connectivity index (χ2v) is 6.82. The molecule has 0 fully saturated rings. The Balaban J connectivity index is 1.69. The summed E-state index contributed by atoms with van der Waals surface area (Å²) in [6.45, 7) is 3.16. The van der Waals surface area contributed by atoms with Crippen molar-refractivity contribution in [2.45, 2.75) is 13.5 Å². The van der Waals surface area contributed by atoms with E-state index in [0.717, 1.165) is 17.9 Å². The van der Waals surface area contributed by atoms with Crippen molar-refractivity contribution in [2.75, 3.05) is 12.1 Å². The number of aromatic nitrogens is 1. The van der Waals surface area contributed by atoms with Crippen LogP contribution in [0, 0.1) is 0 Å². The van der Waals surface area contributed by atoms with Crippen LogP contribution in [-0.4, -0.2) is 16.7 Å². The second kappa shape index (κ2) is 6.18. The van der Waals surface area contributed by atoms with Crippen LogP contribution >= 0.6 is 0 Å². The van der Waals surface area contributed by atoms with Gasteiger partial charge in [-0.3, -0.25) is 5.01 Å². The minimum Gasteiger partial charge on any atom is -0.341 e. The number of aryl methyl sites for hydroxylation is 1. The molecule has 2 heterocycles. The van der Waals surface area contributed by atoms with Gasteiger partial charge in [-0.05, 0) is 31.2 Å². The molecule has 4 nitrogen and oxygen atoms in total. The van der Waals surface area contributed by atoms with Crippen molar-refractivity contribution in [3.05, 3.63) is 84.6 Å². The molecule has 0 spiro atoms. The lowest BCUT2D eigenvalue weighted by atomic mass is 10.1. The Morgan fingerprint density at radius 2 is 1.56 bits per heavy atom. The van der Waals surface area contributed by atoms with Crippen molar-refractivity contribution < 1.29 is 0 Å². The molecule has 0 unspecified atom stereocenters. The summed E-state index contributed by atoms with van der Waals surface area (Å²) in [6.07, 6.45) is 2.05. The van der Waals surface area contributed by atoms with E-state index in [1.54, 1.807) is 0 Å². The molecule has 4 aromatic rings. The number of hydrogen-bond donors (Lipinski definition) is 1. The summed E-state index contributed by atoms with van der Waals surface area (Å²) in [5.41, 5.74) is 9.35. The Bertz CT molecular complexity index is 1160. The predicted molar refractivity (Wildman–Crippen MR) is 113 cm³/mol. The van der Waals surface area contributed by atoms with Crippen molar-refractivity contribution in [1.29, 1.82) is 0 Å². The molecular weight excluding hydrogens is 332 g/mol. The van der Waals surface area contributed by atoms with E-state index in [1.807, 2.05) is 18.2 Å². The van der Waals surface area contributed by atoms with Gasteiger partial charge in [0.25, 0.3) is 0 Å². The first-order valence-corrected chi connectivity index (χ1v) is 9.34. The quantitative estimate of drug-likeness (QED) is 0.561. The molecule has 0 bridgehead atoms. The van der Waals surface area contributed by atoms with Gasteiger partial charge in [-0.1, -0.05) is 48.5 Å². The van der Waals surface area contributed by atoms with Crippen LogP contribution in [-0.2, 0) is 6.54 Å². The van der Waals surface area contributed by atoms with Crippen molar-refractivity contribution in [2.24, 2.45) is 0 Å². The van der Waals surface area contributed by atoms with Gasteiger partial charge in [0.15, 0.2) is 0 Å². The van der Waals surface area contributed by atoms with E-state index in [1.165, 1.54) is 27.4 Å². The summed E-state index contributed by atoms with van der Waals surface area (Å²) in [7, 11) is 2.03. The predicted octanol–water partition coefficient (Wildman–Crippen LogP) is 4.98. The van der Waals surface area contributed by atoms with Crippen LogP contribution in [0.1, 0.15) is 12.5 Å². The fourth-order valence-electron chi connectivity index (χ4n) is 4.08. The maximum atomic E-state index is 3.31. The highest BCUT2D eigenvalue weighted by atomic mass is 15.8. The fraction of sp³-hybridized carbons (Fsp3) is 0.130. The average molecular weight is 354 g/mol. The van der Waals surface area contributed by atoms with Gasteiger partial charge in [-0.15, -0.1) is 5.12 Å². The summed E-state index contributed by atoms with van der Waals surface area (Å²) >= 11 is 0. The molecule has 1 aliphatic rings. The summed E-state index contributed by atoms with van der Waals surface area (Å²) in [4.78, 5) is 0. The number of para-hydroxylation sites is 1. The summed E-state index contributed by atoms with van der Waals surface area (Å²) < 4.78 is 2.38. The Morgan fingerprint density at radius 1 is 0.815 bits per heavy atom. The van der Waals surface area contributed by atoms with Gasteiger partial charge in [-0.25, -0.2) is 0 Å². The molecule has 1 aromatic heterocycles. The summed E-state index contributed by atoms with van der Waals surface area (Å²) in [5.74, 6) is 0. The number of benzene rings is 3. The van der Waals surface area contributed by atoms with Crippen molar-refractivity contribution in [1.82, 2.24) is 15.1 Å². The maximum absolute atomic E-state index is 3.31. The SMILES string of the molecule is CCn1c2ccccc2c2cc(N3C(c4ccccc4)=CNN3C)ccc21. The normalized spacial score (nSPS) is 14.7. The third kappa shape index (κ3) is 2.41. The highest BCUT2D eigenvalue weighted by molar-refractivity contribution is 6.09. The van der Waals surface area contributed by atoms with E-state index >= 15 is 0 Å². The maximum Gasteiger partial charge on any atom is 0.0842 e. The van der Waals surface area contributed by atoms with Gasteiger partial charge in [-0.2, -0.15) is 0 Å². The van der Waals surface area contributed by atoms with E-state index in [0.29, 0.717) is 0 Å². The Hall–Kier alpha value is -3.24. The molecule has 0 amide bonds. The van der Waals surface area contributed by atoms with Gasteiger partial charge >= 0.3 is 0 Å². The second-order valence-electron chi connectivity index (χ2n) is 6.82. The lowest BCUT2D eigenvalue weighted by Gasteiger charge is -2.28. The largest absolute Gasteiger partial charge is 0.341 e. The van der Waals surface area contributed by atoms with Crippen LogP contribution in [0.25, 0.3) is 27.5 Å². The lowest BCUT2D eigenvalue weighted by molar-refractivity contribution is 0.305. The van der Waals surface area contributed by atoms with Crippen LogP contribution in [0.5, 0.6) is 0 Å². The van der Waals surface area contributed by atoms with Crippen LogP contribution in [0.2, 0.25) is 0 Å². The zero-order valence-corrected chi connectivity index (χ0v) is 15.6. The summed E-state index contributed by atoms with van der Waals surface area (Å²) in [5, 5.41) is 6.82. The fourth-order valence-corrected chi connectivity index (χ4v) is 4.08. The Morgan fingerprint density at radius 3 is 2.37 bits per heavy atom. The van der Waals surface area contributed by atoms with E-state index in [9.17, 15) is 0 Å². The van der Waals surface area contributed by atoms with Gasteiger partial charge in [0.05, 0.1) is 11.4 Å². The topological polar surface area (TPSA) is 23.4 Å². The van der Waals surface area contributed by atoms with Gasteiger partial charge in [0.1, 0.15) is 0 Å². The Labute approximate surface area is 158 Å². The zero-order chi connectivity index (χ0) is 18.4. The van der Waals surface area contributed by atoms with Crippen molar-refractivity contribution in [3.63, 3.8) is 0 Å². The van der Waals surface area contributed by atoms with Gasteiger partial charge in [0.2, 0.25) is 0 Å². The van der Waals surface area contributed by atoms with E-state index in [-0.39, 0.29) is 0 Å². The number of nitrogens with one attached hydrogen (secondary N) is 1. The molecule has 5 rings (SSSR count). The Kier molecular flexibility index (Phi) is 3.66. The molecule has 3 aromatic carbocycles. The molecule has 1 aliphatic heterocycles. The molecule has 1 N–H and O–H groups in total. The molecule has 0 radical (unpaired) electrons. The number of hydrazine groups is 2. The molecular formula is C23H22N4. The summed E-state index contributed by atoms with van der Waals surface area (Å²) in [6, 6.07) is 25.9. The number of anilines is 1. The minimum atomic E-state index is 0.962. The molecule has 0 atom stereocenters. The standard InChI is InChI=1S/C23H22N4/c1-3-26-21-12-8-7-11-19(21)20-15-18(13-14-22(20)26)27-23(16-24-25(27)2)17-9-5-4-6-10-17/h4-16,24H,3H2,1-2H3. The number of fused-ring (bicyclic) bond motifs is 3. The van der Waals surface area contributed by atoms with Crippen molar-refractivity contribution >= 4 is 33.2 Å². The van der Waals surface area contributed by atoms with Gasteiger partial charge in [0, 0.05) is 47.2 Å². The molecule has 0 saturated carbocycles.